The molecule has 0 heterocycles. The Morgan fingerprint density at radius 3 is 2.04 bits per heavy atom. The molecule has 0 saturated heterocycles. The van der Waals surface area contributed by atoms with Crippen LogP contribution in [0.5, 0.6) is 0 Å². The predicted octanol–water partition coefficient (Wildman–Crippen LogP) is 2.27. The van der Waals surface area contributed by atoms with Gasteiger partial charge in [-0.3, -0.25) is 4.79 Å². The zero-order chi connectivity index (χ0) is 20.0. The molecule has 0 aliphatic carbocycles. The van der Waals surface area contributed by atoms with Gasteiger partial charge in [0.15, 0.2) is 6.04 Å². The van der Waals surface area contributed by atoms with Gasteiger partial charge in [0, 0.05) is 18.7 Å². The lowest BCUT2D eigenvalue weighted by Gasteiger charge is -2.18. The first-order valence-electron chi connectivity index (χ1n) is 8.50. The Labute approximate surface area is 158 Å². The standard InChI is InChI=1S/C19H22N2O5S/c1-3-21(4-2)27(25,26)16-12-10-15(11-13-16)18(22)20-17(19(23)24)14-8-6-5-7-9-14/h5-13,17H,3-4H2,1-2H3,(H,20,22)(H,23,24)/t17-/m0/s1. The molecule has 1 amide bonds. The first kappa shape index (κ1) is 20.6. The molecule has 0 fully saturated rings. The van der Waals surface area contributed by atoms with Crippen LogP contribution in [0.25, 0.3) is 0 Å². The van der Waals surface area contributed by atoms with Crippen LogP contribution in [0.1, 0.15) is 35.8 Å². The molecule has 8 heteroatoms. The number of sulfonamides is 1. The summed E-state index contributed by atoms with van der Waals surface area (Å²) in [4.78, 5) is 24.0. The molecule has 2 N–H and O–H groups in total. The largest absolute Gasteiger partial charge is 0.479 e. The highest BCUT2D eigenvalue weighted by atomic mass is 32.2. The molecule has 0 bridgehead atoms. The molecular formula is C19H22N2O5S. The van der Waals surface area contributed by atoms with Crippen molar-refractivity contribution in [2.75, 3.05) is 13.1 Å². The topological polar surface area (TPSA) is 104 Å². The van der Waals surface area contributed by atoms with Gasteiger partial charge < -0.3 is 10.4 Å². The summed E-state index contributed by atoms with van der Waals surface area (Å²) in [5.41, 5.74) is 0.620. The molecule has 0 saturated carbocycles. The van der Waals surface area contributed by atoms with Crippen molar-refractivity contribution in [3.05, 3.63) is 65.7 Å². The van der Waals surface area contributed by atoms with Crippen LogP contribution in [0.3, 0.4) is 0 Å². The van der Waals surface area contributed by atoms with Crippen molar-refractivity contribution in [3.8, 4) is 0 Å². The molecule has 0 spiro atoms. The third kappa shape index (κ3) is 4.72. The fraction of sp³-hybridized carbons (Fsp3) is 0.263. The fourth-order valence-electron chi connectivity index (χ4n) is 2.64. The highest BCUT2D eigenvalue weighted by molar-refractivity contribution is 7.89. The molecule has 0 unspecified atom stereocenters. The van der Waals surface area contributed by atoms with Gasteiger partial charge in [-0.15, -0.1) is 0 Å². The third-order valence-electron chi connectivity index (χ3n) is 4.11. The van der Waals surface area contributed by atoms with Crippen molar-refractivity contribution in [2.45, 2.75) is 24.8 Å². The number of carbonyl (C=O) groups is 2. The summed E-state index contributed by atoms with van der Waals surface area (Å²) in [5, 5.41) is 11.8. The normalized spacial score (nSPS) is 12.6. The minimum Gasteiger partial charge on any atom is -0.479 e. The zero-order valence-corrected chi connectivity index (χ0v) is 15.9. The van der Waals surface area contributed by atoms with Crippen molar-refractivity contribution in [1.29, 1.82) is 0 Å². The molecule has 2 rings (SSSR count). The summed E-state index contributed by atoms with van der Waals surface area (Å²) < 4.78 is 26.3. The Morgan fingerprint density at radius 2 is 1.56 bits per heavy atom. The van der Waals surface area contributed by atoms with Gasteiger partial charge >= 0.3 is 5.97 Å². The van der Waals surface area contributed by atoms with Gasteiger partial charge in [-0.25, -0.2) is 13.2 Å². The second kappa shape index (κ2) is 8.79. The number of hydrogen-bond acceptors (Lipinski definition) is 4. The zero-order valence-electron chi connectivity index (χ0n) is 15.1. The quantitative estimate of drug-likeness (QED) is 0.720. The number of aliphatic carboxylic acids is 1. The average Bonchev–Trinajstić information content (AvgIpc) is 2.67. The van der Waals surface area contributed by atoms with Gasteiger partial charge in [0.1, 0.15) is 0 Å². The Morgan fingerprint density at radius 1 is 1.00 bits per heavy atom. The lowest BCUT2D eigenvalue weighted by atomic mass is 10.1. The Balaban J connectivity index is 2.21. The number of carboxylic acid groups (broad SMARTS) is 1. The number of benzene rings is 2. The first-order valence-corrected chi connectivity index (χ1v) is 9.94. The third-order valence-corrected chi connectivity index (χ3v) is 6.18. The van der Waals surface area contributed by atoms with Gasteiger partial charge in [-0.05, 0) is 29.8 Å². The number of carbonyl (C=O) groups excluding carboxylic acids is 1. The van der Waals surface area contributed by atoms with Crippen LogP contribution in [-0.4, -0.2) is 42.8 Å². The van der Waals surface area contributed by atoms with Crippen LogP contribution in [0, 0.1) is 0 Å². The number of nitrogens with zero attached hydrogens (tertiary/aromatic N) is 1. The molecule has 27 heavy (non-hydrogen) atoms. The van der Waals surface area contributed by atoms with E-state index in [0.717, 1.165) is 0 Å². The lowest BCUT2D eigenvalue weighted by Crippen LogP contribution is -2.34. The molecule has 0 aliphatic heterocycles. The summed E-state index contributed by atoms with van der Waals surface area (Å²) in [5.74, 6) is -1.78. The van der Waals surface area contributed by atoms with E-state index in [1.807, 2.05) is 0 Å². The van der Waals surface area contributed by atoms with Crippen LogP contribution >= 0.6 is 0 Å². The molecular weight excluding hydrogens is 368 g/mol. The average molecular weight is 390 g/mol. The molecule has 2 aromatic rings. The number of hydrogen-bond donors (Lipinski definition) is 2. The SMILES string of the molecule is CCN(CC)S(=O)(=O)c1ccc(C(=O)N[C@H](C(=O)O)c2ccccc2)cc1. The highest BCUT2D eigenvalue weighted by Crippen LogP contribution is 2.18. The highest BCUT2D eigenvalue weighted by Gasteiger charge is 2.24. The second-order valence-corrected chi connectivity index (χ2v) is 7.71. The maximum Gasteiger partial charge on any atom is 0.330 e. The van der Waals surface area contributed by atoms with E-state index in [0.29, 0.717) is 18.7 Å². The van der Waals surface area contributed by atoms with E-state index in [1.54, 1.807) is 44.2 Å². The van der Waals surface area contributed by atoms with Crippen LogP contribution in [-0.2, 0) is 14.8 Å². The van der Waals surface area contributed by atoms with Crippen LogP contribution in [0.2, 0.25) is 0 Å². The fourth-order valence-corrected chi connectivity index (χ4v) is 4.10. The maximum absolute atomic E-state index is 12.5. The summed E-state index contributed by atoms with van der Waals surface area (Å²) in [7, 11) is -3.62. The van der Waals surface area contributed by atoms with Gasteiger partial charge in [0.2, 0.25) is 10.0 Å². The lowest BCUT2D eigenvalue weighted by molar-refractivity contribution is -0.139. The minimum absolute atomic E-state index is 0.0839. The molecule has 0 radical (unpaired) electrons. The Hall–Kier alpha value is -2.71. The van der Waals surface area contributed by atoms with E-state index in [1.165, 1.54) is 28.6 Å². The van der Waals surface area contributed by atoms with E-state index in [4.69, 9.17) is 0 Å². The van der Waals surface area contributed by atoms with Gasteiger partial charge in [-0.2, -0.15) is 4.31 Å². The summed E-state index contributed by atoms with van der Waals surface area (Å²) >= 11 is 0. The van der Waals surface area contributed by atoms with Crippen LogP contribution in [0.15, 0.2) is 59.5 Å². The van der Waals surface area contributed by atoms with Crippen LogP contribution in [0.4, 0.5) is 0 Å². The van der Waals surface area contributed by atoms with E-state index in [2.05, 4.69) is 5.32 Å². The van der Waals surface area contributed by atoms with E-state index in [9.17, 15) is 23.1 Å². The van der Waals surface area contributed by atoms with Crippen molar-refractivity contribution in [2.24, 2.45) is 0 Å². The number of rotatable bonds is 8. The van der Waals surface area contributed by atoms with E-state index >= 15 is 0 Å². The maximum atomic E-state index is 12.5. The van der Waals surface area contributed by atoms with Gasteiger partial charge in [0.05, 0.1) is 4.90 Å². The number of carboxylic acids is 1. The minimum atomic E-state index is -3.62. The van der Waals surface area contributed by atoms with Gasteiger partial charge in [0.25, 0.3) is 5.91 Å². The first-order chi connectivity index (χ1) is 12.8. The monoisotopic (exact) mass is 390 g/mol. The predicted molar refractivity (Wildman–Crippen MR) is 101 cm³/mol. The molecule has 1 atom stereocenters. The Bertz CT molecular complexity index is 891. The second-order valence-electron chi connectivity index (χ2n) is 5.77. The van der Waals surface area contributed by atoms with Crippen molar-refractivity contribution >= 4 is 21.9 Å². The van der Waals surface area contributed by atoms with Crippen LogP contribution < -0.4 is 5.32 Å². The van der Waals surface area contributed by atoms with Crippen molar-refractivity contribution < 1.29 is 23.1 Å². The van der Waals surface area contributed by atoms with E-state index in [-0.39, 0.29) is 10.5 Å². The van der Waals surface area contributed by atoms with Crippen molar-refractivity contribution in [3.63, 3.8) is 0 Å². The van der Waals surface area contributed by atoms with Gasteiger partial charge in [-0.1, -0.05) is 44.2 Å². The molecule has 7 nitrogen and oxygen atoms in total. The summed E-state index contributed by atoms with van der Waals surface area (Å²) in [6, 6.07) is 12.6. The summed E-state index contributed by atoms with van der Waals surface area (Å²) in [6.07, 6.45) is 0. The molecule has 0 aromatic heterocycles. The summed E-state index contributed by atoms with van der Waals surface area (Å²) in [6.45, 7) is 4.19. The number of amides is 1. The number of nitrogens with one attached hydrogen (secondary N) is 1. The smallest absolute Gasteiger partial charge is 0.330 e. The molecule has 2 aromatic carbocycles. The molecule has 144 valence electrons. The molecule has 0 aliphatic rings. The Kier molecular flexibility index (Phi) is 6.70. The van der Waals surface area contributed by atoms with E-state index < -0.39 is 27.9 Å². The van der Waals surface area contributed by atoms with Crippen molar-refractivity contribution in [1.82, 2.24) is 9.62 Å².